The number of aliphatic imine (C=N–C) groups is 1. The van der Waals surface area contributed by atoms with Gasteiger partial charge in [0.05, 0.1) is 19.3 Å². The van der Waals surface area contributed by atoms with E-state index in [0.717, 1.165) is 51.3 Å². The molecule has 0 aromatic heterocycles. The third-order valence-corrected chi connectivity index (χ3v) is 3.73. The van der Waals surface area contributed by atoms with Crippen LogP contribution in [0.4, 0.5) is 0 Å². The van der Waals surface area contributed by atoms with E-state index in [-0.39, 0.29) is 36.0 Å². The summed E-state index contributed by atoms with van der Waals surface area (Å²) in [5.74, 6) is 0.840. The summed E-state index contributed by atoms with van der Waals surface area (Å²) in [5.41, 5.74) is 0.0756. The summed E-state index contributed by atoms with van der Waals surface area (Å²) in [6, 6.07) is 0. The molecule has 3 N–H and O–H groups in total. The van der Waals surface area contributed by atoms with Crippen molar-refractivity contribution in [1.82, 2.24) is 10.6 Å². The van der Waals surface area contributed by atoms with Gasteiger partial charge in [-0.15, -0.1) is 24.0 Å². The third kappa shape index (κ3) is 5.43. The van der Waals surface area contributed by atoms with Gasteiger partial charge in [-0.3, -0.25) is 4.99 Å². The number of aliphatic hydroxyl groups excluding tert-OH is 1. The Morgan fingerprint density at radius 3 is 2.74 bits per heavy atom. The largest absolute Gasteiger partial charge is 0.396 e. The average Bonchev–Trinajstić information content (AvgIpc) is 2.99. The molecule has 1 aliphatic carbocycles. The SMILES string of the molecule is CCNC(=NCC1(CO)CC1)NCC1CCCO1.I. The van der Waals surface area contributed by atoms with Crippen molar-refractivity contribution in [1.29, 1.82) is 0 Å². The maximum absolute atomic E-state index is 9.27. The van der Waals surface area contributed by atoms with E-state index in [1.165, 1.54) is 0 Å². The molecule has 0 radical (unpaired) electrons. The molecular formula is C13H26IN3O2. The second kappa shape index (κ2) is 8.26. The van der Waals surface area contributed by atoms with Crippen LogP contribution in [0.15, 0.2) is 4.99 Å². The minimum absolute atomic E-state index is 0. The van der Waals surface area contributed by atoms with Crippen molar-refractivity contribution < 1.29 is 9.84 Å². The lowest BCUT2D eigenvalue weighted by Crippen LogP contribution is -2.41. The van der Waals surface area contributed by atoms with E-state index >= 15 is 0 Å². The minimum Gasteiger partial charge on any atom is -0.396 e. The Labute approximate surface area is 132 Å². The fraction of sp³-hybridized carbons (Fsp3) is 0.923. The molecule has 1 heterocycles. The second-order valence-electron chi connectivity index (χ2n) is 5.37. The van der Waals surface area contributed by atoms with E-state index < -0.39 is 0 Å². The van der Waals surface area contributed by atoms with E-state index in [1.54, 1.807) is 0 Å². The summed E-state index contributed by atoms with van der Waals surface area (Å²) in [5, 5.41) is 15.8. The highest BCUT2D eigenvalue weighted by atomic mass is 127. The Morgan fingerprint density at radius 1 is 1.42 bits per heavy atom. The molecule has 5 nitrogen and oxygen atoms in total. The van der Waals surface area contributed by atoms with Crippen molar-refractivity contribution in [3.8, 4) is 0 Å². The summed E-state index contributed by atoms with van der Waals surface area (Å²) in [7, 11) is 0. The van der Waals surface area contributed by atoms with Crippen LogP contribution in [-0.2, 0) is 4.74 Å². The quantitative estimate of drug-likeness (QED) is 0.365. The molecule has 1 saturated heterocycles. The van der Waals surface area contributed by atoms with Crippen LogP contribution in [0.2, 0.25) is 0 Å². The van der Waals surface area contributed by atoms with Crippen molar-refractivity contribution in [2.75, 3.05) is 32.8 Å². The number of ether oxygens (including phenoxy) is 1. The van der Waals surface area contributed by atoms with Gasteiger partial charge in [0.2, 0.25) is 0 Å². The van der Waals surface area contributed by atoms with Crippen LogP contribution < -0.4 is 10.6 Å². The summed E-state index contributed by atoms with van der Waals surface area (Å²) in [4.78, 5) is 4.56. The monoisotopic (exact) mass is 383 g/mol. The standard InChI is InChI=1S/C13H25N3O2.HI/c1-2-14-12(15-8-11-4-3-7-18-11)16-9-13(10-17)5-6-13;/h11,17H,2-10H2,1H3,(H2,14,15,16);1H. The highest BCUT2D eigenvalue weighted by molar-refractivity contribution is 14.0. The number of aliphatic hydroxyl groups is 1. The van der Waals surface area contributed by atoms with Crippen molar-refractivity contribution in [3.63, 3.8) is 0 Å². The molecule has 2 rings (SSSR count). The van der Waals surface area contributed by atoms with Gasteiger partial charge in [0.25, 0.3) is 0 Å². The Kier molecular flexibility index (Phi) is 7.38. The zero-order valence-electron chi connectivity index (χ0n) is 11.7. The zero-order valence-corrected chi connectivity index (χ0v) is 14.0. The van der Waals surface area contributed by atoms with E-state index in [9.17, 15) is 5.11 Å². The molecule has 1 atom stereocenters. The molecule has 1 saturated carbocycles. The van der Waals surface area contributed by atoms with E-state index in [0.29, 0.717) is 12.6 Å². The van der Waals surface area contributed by atoms with E-state index in [1.807, 2.05) is 0 Å². The molecule has 19 heavy (non-hydrogen) atoms. The predicted molar refractivity (Wildman–Crippen MR) is 87.1 cm³/mol. The molecule has 0 aromatic carbocycles. The van der Waals surface area contributed by atoms with Gasteiger partial charge in [-0.25, -0.2) is 0 Å². The molecule has 1 aliphatic heterocycles. The summed E-state index contributed by atoms with van der Waals surface area (Å²) in [6.45, 7) is 5.57. The molecule has 0 spiro atoms. The van der Waals surface area contributed by atoms with Crippen LogP contribution in [0.1, 0.15) is 32.6 Å². The lowest BCUT2D eigenvalue weighted by Gasteiger charge is -2.16. The Morgan fingerprint density at radius 2 is 2.21 bits per heavy atom. The third-order valence-electron chi connectivity index (χ3n) is 3.73. The molecule has 0 amide bonds. The topological polar surface area (TPSA) is 65.9 Å². The summed E-state index contributed by atoms with van der Waals surface area (Å²) in [6.07, 6.45) is 4.80. The van der Waals surface area contributed by atoms with Crippen LogP contribution in [0.3, 0.4) is 0 Å². The number of guanidine groups is 1. The molecule has 112 valence electrons. The normalized spacial score (nSPS) is 24.7. The van der Waals surface area contributed by atoms with Gasteiger partial charge in [-0.2, -0.15) is 0 Å². The van der Waals surface area contributed by atoms with E-state index in [4.69, 9.17) is 4.74 Å². The number of rotatable bonds is 6. The fourth-order valence-electron chi connectivity index (χ4n) is 2.15. The lowest BCUT2D eigenvalue weighted by molar-refractivity contribution is 0.113. The zero-order chi connectivity index (χ0) is 12.8. The van der Waals surface area contributed by atoms with Gasteiger partial charge in [-0.1, -0.05) is 0 Å². The van der Waals surface area contributed by atoms with Gasteiger partial charge in [0.15, 0.2) is 5.96 Å². The van der Waals surface area contributed by atoms with Crippen molar-refractivity contribution in [2.45, 2.75) is 38.7 Å². The van der Waals surface area contributed by atoms with Crippen LogP contribution in [0.5, 0.6) is 0 Å². The smallest absolute Gasteiger partial charge is 0.191 e. The number of nitrogens with one attached hydrogen (secondary N) is 2. The number of hydrogen-bond donors (Lipinski definition) is 3. The molecule has 6 heteroatoms. The molecule has 0 aromatic rings. The van der Waals surface area contributed by atoms with Gasteiger partial charge in [0, 0.05) is 25.1 Å². The summed E-state index contributed by atoms with van der Waals surface area (Å²) >= 11 is 0. The average molecular weight is 383 g/mol. The van der Waals surface area contributed by atoms with Crippen molar-refractivity contribution in [3.05, 3.63) is 0 Å². The van der Waals surface area contributed by atoms with Crippen LogP contribution in [0, 0.1) is 5.41 Å². The number of nitrogens with zero attached hydrogens (tertiary/aromatic N) is 1. The highest BCUT2D eigenvalue weighted by Crippen LogP contribution is 2.45. The first-order valence-corrected chi connectivity index (χ1v) is 7.03. The molecule has 0 bridgehead atoms. The number of hydrogen-bond acceptors (Lipinski definition) is 3. The second-order valence-corrected chi connectivity index (χ2v) is 5.37. The maximum Gasteiger partial charge on any atom is 0.191 e. The Hall–Kier alpha value is -0.0800. The van der Waals surface area contributed by atoms with E-state index in [2.05, 4.69) is 22.5 Å². The predicted octanol–water partition coefficient (Wildman–Crippen LogP) is 1.11. The van der Waals surface area contributed by atoms with Gasteiger partial charge in [0.1, 0.15) is 0 Å². The first kappa shape index (κ1) is 17.0. The minimum atomic E-state index is 0. The Balaban J connectivity index is 0.00000180. The van der Waals surface area contributed by atoms with Crippen LogP contribution in [-0.4, -0.2) is 50.0 Å². The van der Waals surface area contributed by atoms with Gasteiger partial charge in [-0.05, 0) is 32.6 Å². The lowest BCUT2D eigenvalue weighted by atomic mass is 10.1. The fourth-order valence-corrected chi connectivity index (χ4v) is 2.15. The highest BCUT2D eigenvalue weighted by Gasteiger charge is 2.41. The Bertz CT molecular complexity index is 290. The van der Waals surface area contributed by atoms with Crippen LogP contribution in [0.25, 0.3) is 0 Å². The first-order chi connectivity index (χ1) is 8.78. The maximum atomic E-state index is 9.27. The van der Waals surface area contributed by atoms with Gasteiger partial charge < -0.3 is 20.5 Å². The van der Waals surface area contributed by atoms with Crippen molar-refractivity contribution >= 4 is 29.9 Å². The molecule has 2 fully saturated rings. The first-order valence-electron chi connectivity index (χ1n) is 7.03. The van der Waals surface area contributed by atoms with Gasteiger partial charge >= 0.3 is 0 Å². The van der Waals surface area contributed by atoms with Crippen LogP contribution >= 0.6 is 24.0 Å². The van der Waals surface area contributed by atoms with Crippen molar-refractivity contribution in [2.24, 2.45) is 10.4 Å². The molecule has 2 aliphatic rings. The molecule has 1 unspecified atom stereocenters. The summed E-state index contributed by atoms with van der Waals surface area (Å²) < 4.78 is 5.58. The molecular weight excluding hydrogens is 357 g/mol. The number of halogens is 1.